The molecule has 0 bridgehead atoms. The van der Waals surface area contributed by atoms with Crippen LogP contribution in [0.15, 0.2) is 29.5 Å². The molecule has 0 heterocycles. The van der Waals surface area contributed by atoms with E-state index in [2.05, 4.69) is 5.22 Å². The molecule has 0 amide bonds. The molecule has 1 aromatic rings. The molecule has 0 aliphatic carbocycles. The van der Waals surface area contributed by atoms with Crippen LogP contribution in [-0.4, -0.2) is 9.89 Å². The van der Waals surface area contributed by atoms with Gasteiger partial charge < -0.3 is 5.21 Å². The van der Waals surface area contributed by atoms with Crippen molar-refractivity contribution < 1.29 is 9.89 Å². The molecule has 0 spiro atoms. The maximum absolute atomic E-state index is 11.0. The third kappa shape index (κ3) is 2.22. The van der Waals surface area contributed by atoms with Crippen molar-refractivity contribution >= 4 is 5.69 Å². The Kier molecular flexibility index (Phi) is 2.53. The summed E-state index contributed by atoms with van der Waals surface area (Å²) in [5.74, 6) is 0. The summed E-state index contributed by atoms with van der Waals surface area (Å²) >= 11 is 0. The van der Waals surface area contributed by atoms with Crippen LogP contribution < -0.4 is 0 Å². The molecular formula is C7H7N3O3. The Balaban J connectivity index is 3.08. The van der Waals surface area contributed by atoms with E-state index in [1.807, 2.05) is 0 Å². The van der Waals surface area contributed by atoms with Crippen LogP contribution in [-0.2, 0) is 0 Å². The van der Waals surface area contributed by atoms with Gasteiger partial charge in [0.05, 0.1) is 0 Å². The van der Waals surface area contributed by atoms with E-state index < -0.39 is 5.03 Å². The zero-order chi connectivity index (χ0) is 9.84. The van der Waals surface area contributed by atoms with Gasteiger partial charge >= 0.3 is 5.22 Å². The van der Waals surface area contributed by atoms with Gasteiger partial charge in [-0.25, -0.2) is 10.1 Å². The highest BCUT2D eigenvalue weighted by Crippen LogP contribution is 2.16. The lowest BCUT2D eigenvalue weighted by molar-refractivity contribution is -0.642. The topological polar surface area (TPSA) is 81.6 Å². The largest absolute Gasteiger partial charge is 0.590 e. The monoisotopic (exact) mass is 181 g/mol. The molecule has 68 valence electrons. The van der Waals surface area contributed by atoms with Crippen molar-refractivity contribution in [3.05, 3.63) is 45.2 Å². The molecule has 0 N–H and O–H groups in total. The third-order valence-corrected chi connectivity index (χ3v) is 1.48. The highest BCUT2D eigenvalue weighted by Gasteiger charge is 2.10. The summed E-state index contributed by atoms with van der Waals surface area (Å²) < 4.78 is 0. The maximum atomic E-state index is 11.0. The number of nitro groups is 1. The summed E-state index contributed by atoms with van der Waals surface area (Å²) in [6.07, 6.45) is 0. The highest BCUT2D eigenvalue weighted by atomic mass is 16.7. The van der Waals surface area contributed by atoms with E-state index >= 15 is 0 Å². The van der Waals surface area contributed by atoms with Gasteiger partial charge in [-0.2, -0.15) is 0 Å². The van der Waals surface area contributed by atoms with Gasteiger partial charge in [0.15, 0.2) is 0 Å². The fourth-order valence-electron chi connectivity index (χ4n) is 0.893. The fraction of sp³-hybridized carbons (Fsp3) is 0.143. The lowest BCUT2D eigenvalue weighted by Crippen LogP contribution is -1.98. The number of rotatable bonds is 2. The Labute approximate surface area is 73.8 Å². The van der Waals surface area contributed by atoms with Gasteiger partial charge in [0.2, 0.25) is 0 Å². The van der Waals surface area contributed by atoms with Crippen molar-refractivity contribution in [2.75, 3.05) is 0 Å². The number of hydrogen-bond acceptors (Lipinski definition) is 3. The average molecular weight is 181 g/mol. The summed E-state index contributed by atoms with van der Waals surface area (Å²) in [4.78, 5) is 9.89. The molecule has 0 aliphatic rings. The average Bonchev–Trinajstić information content (AvgIpc) is 2.03. The number of aryl methyl sites for hydroxylation is 1. The SMILES string of the molecule is Cc1ccccc1[N+]([O-])=N[N+](=O)[O-]. The fourth-order valence-corrected chi connectivity index (χ4v) is 0.893. The van der Waals surface area contributed by atoms with Gasteiger partial charge in [-0.3, -0.25) is 0 Å². The lowest BCUT2D eigenvalue weighted by Gasteiger charge is -1.97. The molecule has 0 radical (unpaired) electrons. The Bertz CT molecular complexity index is 362. The maximum Gasteiger partial charge on any atom is 0.349 e. The molecule has 0 atom stereocenters. The number of para-hydroxylation sites is 1. The van der Waals surface area contributed by atoms with E-state index in [9.17, 15) is 15.3 Å². The summed E-state index contributed by atoms with van der Waals surface area (Å²) in [7, 11) is 0. The number of nitrogens with zero attached hydrogens (tertiary/aromatic N) is 3. The van der Waals surface area contributed by atoms with Crippen LogP contribution in [0, 0.1) is 22.2 Å². The van der Waals surface area contributed by atoms with Crippen LogP contribution in [0.5, 0.6) is 0 Å². The molecule has 1 aromatic carbocycles. The predicted octanol–water partition coefficient (Wildman–Crippen LogP) is 1.78. The number of benzene rings is 1. The van der Waals surface area contributed by atoms with Crippen molar-refractivity contribution in [2.24, 2.45) is 5.22 Å². The van der Waals surface area contributed by atoms with Gasteiger partial charge in [0, 0.05) is 16.5 Å². The molecule has 0 unspecified atom stereocenters. The Hall–Kier alpha value is -1.98. The van der Waals surface area contributed by atoms with Crippen LogP contribution in [0.2, 0.25) is 0 Å². The molecular weight excluding hydrogens is 174 g/mol. The van der Waals surface area contributed by atoms with Crippen LogP contribution in [0.3, 0.4) is 0 Å². The summed E-state index contributed by atoms with van der Waals surface area (Å²) in [5.41, 5.74) is 0.822. The van der Waals surface area contributed by atoms with E-state index in [0.717, 1.165) is 0 Å². The molecule has 0 aliphatic heterocycles. The second-order valence-electron chi connectivity index (χ2n) is 2.39. The first-order valence-electron chi connectivity index (χ1n) is 3.50. The zero-order valence-corrected chi connectivity index (χ0v) is 6.88. The molecule has 0 saturated carbocycles. The highest BCUT2D eigenvalue weighted by molar-refractivity contribution is 5.38. The Morgan fingerprint density at radius 3 is 2.46 bits per heavy atom. The van der Waals surface area contributed by atoms with Crippen LogP contribution in [0.4, 0.5) is 5.69 Å². The minimum absolute atomic E-state index is 0.00463. The van der Waals surface area contributed by atoms with Gasteiger partial charge in [-0.05, 0) is 6.92 Å². The van der Waals surface area contributed by atoms with Crippen LogP contribution in [0.1, 0.15) is 5.56 Å². The van der Waals surface area contributed by atoms with Gasteiger partial charge in [0.25, 0.3) is 10.7 Å². The smallest absolute Gasteiger partial charge is 0.349 e. The standard InChI is InChI=1S/C7H7N3O3/c1-6-4-2-3-5-7(6)9(11)8-10(12)13/h2-5H,1H3. The van der Waals surface area contributed by atoms with Crippen molar-refractivity contribution in [2.45, 2.75) is 6.92 Å². The van der Waals surface area contributed by atoms with Crippen molar-refractivity contribution in [1.82, 2.24) is 0 Å². The lowest BCUT2D eigenvalue weighted by atomic mass is 10.2. The normalized spacial score (nSPS) is 11.3. The minimum Gasteiger partial charge on any atom is -0.590 e. The van der Waals surface area contributed by atoms with E-state index in [1.165, 1.54) is 6.07 Å². The van der Waals surface area contributed by atoms with E-state index in [0.29, 0.717) is 5.56 Å². The molecule has 0 aromatic heterocycles. The van der Waals surface area contributed by atoms with Crippen LogP contribution in [0.25, 0.3) is 0 Å². The molecule has 6 heteroatoms. The third-order valence-electron chi connectivity index (χ3n) is 1.48. The van der Waals surface area contributed by atoms with E-state index in [4.69, 9.17) is 0 Å². The first-order valence-corrected chi connectivity index (χ1v) is 3.50. The van der Waals surface area contributed by atoms with Crippen molar-refractivity contribution in [3.8, 4) is 0 Å². The van der Waals surface area contributed by atoms with E-state index in [1.54, 1.807) is 25.1 Å². The van der Waals surface area contributed by atoms with Gasteiger partial charge in [0.1, 0.15) is 0 Å². The second kappa shape index (κ2) is 3.61. The van der Waals surface area contributed by atoms with E-state index in [-0.39, 0.29) is 10.5 Å². The predicted molar refractivity (Wildman–Crippen MR) is 43.9 cm³/mol. The van der Waals surface area contributed by atoms with Crippen molar-refractivity contribution in [3.63, 3.8) is 0 Å². The summed E-state index contributed by atoms with van der Waals surface area (Å²) in [6, 6.07) is 6.49. The number of hydrogen-bond donors (Lipinski definition) is 0. The Morgan fingerprint density at radius 1 is 1.31 bits per heavy atom. The Morgan fingerprint density at radius 2 is 1.92 bits per heavy atom. The first kappa shape index (κ1) is 9.11. The second-order valence-corrected chi connectivity index (χ2v) is 2.39. The quantitative estimate of drug-likeness (QED) is 0.302. The molecule has 0 saturated heterocycles. The van der Waals surface area contributed by atoms with Crippen molar-refractivity contribution in [1.29, 1.82) is 0 Å². The van der Waals surface area contributed by atoms with Gasteiger partial charge in [-0.15, -0.1) is 0 Å². The molecule has 13 heavy (non-hydrogen) atoms. The molecule has 6 nitrogen and oxygen atoms in total. The molecule has 1 rings (SSSR count). The van der Waals surface area contributed by atoms with Gasteiger partial charge in [-0.1, -0.05) is 18.2 Å². The molecule has 0 fully saturated rings. The first-order chi connectivity index (χ1) is 6.11. The minimum atomic E-state index is -1.03. The summed E-state index contributed by atoms with van der Waals surface area (Å²) in [6.45, 7) is 1.68. The summed E-state index contributed by atoms with van der Waals surface area (Å²) in [5, 5.41) is 22.5. The zero-order valence-electron chi connectivity index (χ0n) is 6.88. The van der Waals surface area contributed by atoms with Crippen LogP contribution >= 0.6 is 0 Å².